The Kier molecular flexibility index (Phi) is 6.70. The van der Waals surface area contributed by atoms with E-state index in [9.17, 15) is 0 Å². The van der Waals surface area contributed by atoms with Crippen LogP contribution < -0.4 is 5.32 Å². The van der Waals surface area contributed by atoms with E-state index in [-0.39, 0.29) is 0 Å². The fraction of sp³-hybridized carbons (Fsp3) is 0.250. The summed E-state index contributed by atoms with van der Waals surface area (Å²) in [6.45, 7) is 1.03. The van der Waals surface area contributed by atoms with Crippen molar-refractivity contribution in [3.05, 3.63) is 102 Å². The van der Waals surface area contributed by atoms with E-state index in [1.807, 2.05) is 0 Å². The van der Waals surface area contributed by atoms with E-state index in [0.29, 0.717) is 5.92 Å². The highest BCUT2D eigenvalue weighted by atomic mass is 14.9. The van der Waals surface area contributed by atoms with Gasteiger partial charge in [0.15, 0.2) is 0 Å². The molecule has 3 rings (SSSR count). The van der Waals surface area contributed by atoms with Crippen LogP contribution in [0.5, 0.6) is 0 Å². The molecule has 0 heterocycles. The van der Waals surface area contributed by atoms with Crippen LogP contribution in [0.1, 0.15) is 24.0 Å². The van der Waals surface area contributed by atoms with Crippen molar-refractivity contribution in [2.24, 2.45) is 5.92 Å². The zero-order chi connectivity index (χ0) is 17.2. The summed E-state index contributed by atoms with van der Waals surface area (Å²) in [6.07, 6.45) is 4.74. The first kappa shape index (κ1) is 17.3. The third-order valence-electron chi connectivity index (χ3n) is 4.74. The van der Waals surface area contributed by atoms with E-state index < -0.39 is 0 Å². The van der Waals surface area contributed by atoms with E-state index in [4.69, 9.17) is 0 Å². The number of benzene rings is 3. The molecule has 128 valence electrons. The lowest BCUT2D eigenvalue weighted by Crippen LogP contribution is -2.16. The molecule has 0 aliphatic heterocycles. The minimum atomic E-state index is 0.667. The molecule has 0 saturated heterocycles. The molecule has 0 radical (unpaired) electrons. The average Bonchev–Trinajstić information content (AvgIpc) is 2.70. The predicted octanol–water partition coefficient (Wildman–Crippen LogP) is 5.98. The van der Waals surface area contributed by atoms with Crippen LogP contribution in [0.2, 0.25) is 0 Å². The maximum atomic E-state index is 3.62. The van der Waals surface area contributed by atoms with Gasteiger partial charge in [0.2, 0.25) is 0 Å². The molecule has 3 aromatic rings. The Morgan fingerprint density at radius 1 is 0.560 bits per heavy atom. The highest BCUT2D eigenvalue weighted by Gasteiger charge is 2.10. The molecule has 0 amide bonds. The molecule has 1 N–H and O–H groups in total. The molecular formula is C24H27N. The van der Waals surface area contributed by atoms with Gasteiger partial charge in [-0.05, 0) is 54.9 Å². The molecule has 0 fully saturated rings. The minimum absolute atomic E-state index is 0.667. The second kappa shape index (κ2) is 9.68. The number of rotatable bonds is 9. The zero-order valence-electron chi connectivity index (χ0n) is 14.8. The molecule has 0 aromatic heterocycles. The number of hydrogen-bond donors (Lipinski definition) is 1. The number of para-hydroxylation sites is 1. The van der Waals surface area contributed by atoms with Gasteiger partial charge < -0.3 is 5.32 Å². The van der Waals surface area contributed by atoms with Crippen molar-refractivity contribution in [3.63, 3.8) is 0 Å². The van der Waals surface area contributed by atoms with Crippen molar-refractivity contribution in [1.29, 1.82) is 0 Å². The van der Waals surface area contributed by atoms with Gasteiger partial charge in [0.1, 0.15) is 0 Å². The predicted molar refractivity (Wildman–Crippen MR) is 108 cm³/mol. The second-order valence-electron chi connectivity index (χ2n) is 6.66. The summed E-state index contributed by atoms with van der Waals surface area (Å²) in [5.41, 5.74) is 4.09. The molecule has 0 saturated carbocycles. The Labute approximate surface area is 151 Å². The van der Waals surface area contributed by atoms with Gasteiger partial charge in [-0.1, -0.05) is 78.9 Å². The molecular weight excluding hydrogens is 302 g/mol. The Hall–Kier alpha value is -2.54. The van der Waals surface area contributed by atoms with Gasteiger partial charge in [-0.15, -0.1) is 0 Å². The van der Waals surface area contributed by atoms with Gasteiger partial charge in [-0.2, -0.15) is 0 Å². The van der Waals surface area contributed by atoms with E-state index in [1.54, 1.807) is 0 Å². The van der Waals surface area contributed by atoms with Crippen molar-refractivity contribution in [1.82, 2.24) is 0 Å². The van der Waals surface area contributed by atoms with Crippen LogP contribution >= 0.6 is 0 Å². The molecule has 0 spiro atoms. The largest absolute Gasteiger partial charge is 0.385 e. The summed E-state index contributed by atoms with van der Waals surface area (Å²) in [6, 6.07) is 32.2. The van der Waals surface area contributed by atoms with Gasteiger partial charge >= 0.3 is 0 Å². The fourth-order valence-electron chi connectivity index (χ4n) is 3.20. The first-order chi connectivity index (χ1) is 12.4. The van der Waals surface area contributed by atoms with Crippen LogP contribution in [0.25, 0.3) is 0 Å². The van der Waals surface area contributed by atoms with E-state index in [1.165, 1.54) is 29.7 Å². The lowest BCUT2D eigenvalue weighted by atomic mass is 9.93. The van der Waals surface area contributed by atoms with Crippen LogP contribution in [0, 0.1) is 5.92 Å². The highest BCUT2D eigenvalue weighted by Crippen LogP contribution is 2.18. The third-order valence-corrected chi connectivity index (χ3v) is 4.74. The highest BCUT2D eigenvalue weighted by molar-refractivity contribution is 5.42. The molecule has 0 aliphatic carbocycles. The molecule has 25 heavy (non-hydrogen) atoms. The van der Waals surface area contributed by atoms with Crippen molar-refractivity contribution in [2.75, 3.05) is 11.9 Å². The van der Waals surface area contributed by atoms with Gasteiger partial charge in [-0.3, -0.25) is 0 Å². The Balaban J connectivity index is 1.56. The van der Waals surface area contributed by atoms with Gasteiger partial charge in [0.05, 0.1) is 0 Å². The number of anilines is 1. The van der Waals surface area contributed by atoms with E-state index >= 15 is 0 Å². The summed E-state index contributed by atoms with van der Waals surface area (Å²) in [5, 5.41) is 3.62. The summed E-state index contributed by atoms with van der Waals surface area (Å²) >= 11 is 0. The quantitative estimate of drug-likeness (QED) is 0.509. The van der Waals surface area contributed by atoms with Crippen molar-refractivity contribution in [3.8, 4) is 0 Å². The average molecular weight is 329 g/mol. The fourth-order valence-corrected chi connectivity index (χ4v) is 3.20. The number of nitrogens with one attached hydrogen (secondary N) is 1. The lowest BCUT2D eigenvalue weighted by molar-refractivity contribution is 0.473. The molecule has 1 heteroatoms. The summed E-state index contributed by atoms with van der Waals surface area (Å²) in [5.74, 6) is 0.667. The summed E-state index contributed by atoms with van der Waals surface area (Å²) < 4.78 is 0. The molecule has 3 aromatic carbocycles. The van der Waals surface area contributed by atoms with Crippen LogP contribution in [0.4, 0.5) is 5.69 Å². The third kappa shape index (κ3) is 6.11. The SMILES string of the molecule is c1ccc(CCC(CCc2ccccc2)CNc2ccccc2)cc1. The van der Waals surface area contributed by atoms with E-state index in [2.05, 4.69) is 96.3 Å². The Morgan fingerprint density at radius 3 is 1.48 bits per heavy atom. The standard InChI is InChI=1S/C24H27N/c1-4-10-21(11-5-1)16-18-23(19-17-22-12-6-2-7-13-22)20-25-24-14-8-3-9-15-24/h1-15,23,25H,16-20H2. The van der Waals surface area contributed by atoms with Gasteiger partial charge in [0.25, 0.3) is 0 Å². The smallest absolute Gasteiger partial charge is 0.0340 e. The lowest BCUT2D eigenvalue weighted by Gasteiger charge is -2.19. The van der Waals surface area contributed by atoms with Crippen molar-refractivity contribution in [2.45, 2.75) is 25.7 Å². The first-order valence-corrected chi connectivity index (χ1v) is 9.27. The number of aryl methyl sites for hydroxylation is 2. The Morgan fingerprint density at radius 2 is 1.00 bits per heavy atom. The van der Waals surface area contributed by atoms with Crippen molar-refractivity contribution >= 4 is 5.69 Å². The van der Waals surface area contributed by atoms with Gasteiger partial charge in [-0.25, -0.2) is 0 Å². The van der Waals surface area contributed by atoms with Crippen molar-refractivity contribution < 1.29 is 0 Å². The molecule has 0 bridgehead atoms. The first-order valence-electron chi connectivity index (χ1n) is 9.27. The molecule has 0 aliphatic rings. The van der Waals surface area contributed by atoms with E-state index in [0.717, 1.165) is 19.4 Å². The second-order valence-corrected chi connectivity index (χ2v) is 6.66. The van der Waals surface area contributed by atoms with Gasteiger partial charge in [0, 0.05) is 12.2 Å². The summed E-state index contributed by atoms with van der Waals surface area (Å²) in [7, 11) is 0. The summed E-state index contributed by atoms with van der Waals surface area (Å²) in [4.78, 5) is 0. The zero-order valence-corrected chi connectivity index (χ0v) is 14.8. The van der Waals surface area contributed by atoms with Crippen LogP contribution in [0.3, 0.4) is 0 Å². The molecule has 0 unspecified atom stereocenters. The van der Waals surface area contributed by atoms with Crippen LogP contribution in [-0.4, -0.2) is 6.54 Å². The minimum Gasteiger partial charge on any atom is -0.385 e. The molecule has 1 nitrogen and oxygen atoms in total. The molecule has 0 atom stereocenters. The van der Waals surface area contributed by atoms with Crippen LogP contribution in [-0.2, 0) is 12.8 Å². The normalized spacial score (nSPS) is 10.8. The topological polar surface area (TPSA) is 12.0 Å². The maximum Gasteiger partial charge on any atom is 0.0340 e. The monoisotopic (exact) mass is 329 g/mol. The van der Waals surface area contributed by atoms with Crippen LogP contribution in [0.15, 0.2) is 91.0 Å². The number of hydrogen-bond acceptors (Lipinski definition) is 1. The Bertz CT molecular complexity index is 603. The maximum absolute atomic E-state index is 3.62.